The zero-order chi connectivity index (χ0) is 9.97. The molecule has 4 heteroatoms. The van der Waals surface area contributed by atoms with Crippen LogP contribution in [0.3, 0.4) is 0 Å². The van der Waals surface area contributed by atoms with Crippen LogP contribution in [0.2, 0.25) is 0 Å². The van der Waals surface area contributed by atoms with E-state index >= 15 is 0 Å². The quantitative estimate of drug-likeness (QED) is 0.711. The van der Waals surface area contributed by atoms with Gasteiger partial charge in [0.25, 0.3) is 0 Å². The summed E-state index contributed by atoms with van der Waals surface area (Å²) in [7, 11) is 0. The molecule has 2 rings (SSSR count). The standard InChI is InChI=1S/C10H16ClN3/c1-9(6-11)7-13-4-5-14-3-2-12-10(14)8-13/h2-3,9H,4-8H2,1H3. The molecular formula is C10H16ClN3. The SMILES string of the molecule is CC(CCl)CN1CCn2ccnc2C1. The summed E-state index contributed by atoms with van der Waals surface area (Å²) in [4.78, 5) is 6.75. The number of fused-ring (bicyclic) bond motifs is 1. The van der Waals surface area contributed by atoms with Crippen LogP contribution in [0, 0.1) is 5.92 Å². The van der Waals surface area contributed by atoms with Gasteiger partial charge < -0.3 is 4.57 Å². The summed E-state index contributed by atoms with van der Waals surface area (Å²) in [6.07, 6.45) is 3.93. The summed E-state index contributed by atoms with van der Waals surface area (Å²) in [6.45, 7) is 6.41. The molecule has 0 bridgehead atoms. The smallest absolute Gasteiger partial charge is 0.122 e. The lowest BCUT2D eigenvalue weighted by molar-refractivity contribution is 0.196. The highest BCUT2D eigenvalue weighted by Crippen LogP contribution is 2.12. The molecule has 3 nitrogen and oxygen atoms in total. The van der Waals surface area contributed by atoms with Crippen molar-refractivity contribution < 1.29 is 0 Å². The second kappa shape index (κ2) is 4.32. The largest absolute Gasteiger partial charge is 0.333 e. The number of halogens is 1. The van der Waals surface area contributed by atoms with Gasteiger partial charge in [-0.1, -0.05) is 6.92 Å². The van der Waals surface area contributed by atoms with Crippen molar-refractivity contribution in [3.63, 3.8) is 0 Å². The van der Waals surface area contributed by atoms with Crippen LogP contribution < -0.4 is 0 Å². The molecule has 0 amide bonds. The normalized spacial score (nSPS) is 19.3. The Labute approximate surface area is 89.7 Å². The molecule has 0 N–H and O–H groups in total. The van der Waals surface area contributed by atoms with E-state index in [0.29, 0.717) is 5.92 Å². The second-order valence-electron chi connectivity index (χ2n) is 4.03. The molecule has 0 aliphatic carbocycles. The molecule has 0 spiro atoms. The van der Waals surface area contributed by atoms with Crippen molar-refractivity contribution in [2.75, 3.05) is 19.0 Å². The highest BCUT2D eigenvalue weighted by molar-refractivity contribution is 6.18. The summed E-state index contributed by atoms with van der Waals surface area (Å²) >= 11 is 5.80. The zero-order valence-electron chi connectivity index (χ0n) is 8.49. The van der Waals surface area contributed by atoms with E-state index in [2.05, 4.69) is 27.6 Å². The molecule has 1 aliphatic rings. The summed E-state index contributed by atoms with van der Waals surface area (Å²) in [5.74, 6) is 2.49. The summed E-state index contributed by atoms with van der Waals surface area (Å²) in [5, 5.41) is 0. The lowest BCUT2D eigenvalue weighted by Gasteiger charge is -2.29. The van der Waals surface area contributed by atoms with E-state index in [1.165, 1.54) is 5.82 Å². The first kappa shape index (κ1) is 9.99. The molecule has 1 aromatic heterocycles. The van der Waals surface area contributed by atoms with Crippen molar-refractivity contribution in [3.8, 4) is 0 Å². The molecule has 2 heterocycles. The van der Waals surface area contributed by atoms with Gasteiger partial charge in [-0.2, -0.15) is 0 Å². The number of nitrogens with zero attached hydrogens (tertiary/aromatic N) is 3. The van der Waals surface area contributed by atoms with E-state index in [1.807, 2.05) is 6.20 Å². The minimum Gasteiger partial charge on any atom is -0.333 e. The molecule has 14 heavy (non-hydrogen) atoms. The molecule has 0 saturated heterocycles. The Morgan fingerprint density at radius 1 is 1.57 bits per heavy atom. The monoisotopic (exact) mass is 213 g/mol. The van der Waals surface area contributed by atoms with Crippen LogP contribution in [0.1, 0.15) is 12.7 Å². The number of hydrogen-bond acceptors (Lipinski definition) is 2. The molecule has 1 atom stereocenters. The van der Waals surface area contributed by atoms with Crippen LogP contribution in [0.15, 0.2) is 12.4 Å². The third kappa shape index (κ3) is 2.10. The van der Waals surface area contributed by atoms with Crippen LogP contribution in [0.25, 0.3) is 0 Å². The Morgan fingerprint density at radius 2 is 2.43 bits per heavy atom. The first-order valence-corrected chi connectivity index (χ1v) is 5.61. The van der Waals surface area contributed by atoms with E-state index in [0.717, 1.165) is 32.1 Å². The zero-order valence-corrected chi connectivity index (χ0v) is 9.24. The Morgan fingerprint density at radius 3 is 3.21 bits per heavy atom. The lowest BCUT2D eigenvalue weighted by atomic mass is 10.2. The third-order valence-corrected chi connectivity index (χ3v) is 3.18. The molecule has 78 valence electrons. The van der Waals surface area contributed by atoms with Gasteiger partial charge in [0.15, 0.2) is 0 Å². The fraction of sp³-hybridized carbons (Fsp3) is 0.700. The lowest BCUT2D eigenvalue weighted by Crippen LogP contribution is -2.36. The maximum Gasteiger partial charge on any atom is 0.122 e. The third-order valence-electron chi connectivity index (χ3n) is 2.66. The fourth-order valence-corrected chi connectivity index (χ4v) is 1.97. The Balaban J connectivity index is 1.94. The summed E-state index contributed by atoms with van der Waals surface area (Å²) in [5.41, 5.74) is 0. The number of imidazole rings is 1. The summed E-state index contributed by atoms with van der Waals surface area (Å²) in [6, 6.07) is 0. The Bertz CT molecular complexity index is 297. The first-order valence-electron chi connectivity index (χ1n) is 5.08. The molecule has 0 fully saturated rings. The molecule has 0 radical (unpaired) electrons. The van der Waals surface area contributed by atoms with Gasteiger partial charge in [-0.25, -0.2) is 4.98 Å². The van der Waals surface area contributed by atoms with Gasteiger partial charge in [-0.05, 0) is 5.92 Å². The number of alkyl halides is 1. The maximum absolute atomic E-state index is 5.80. The average molecular weight is 214 g/mol. The van der Waals surface area contributed by atoms with Crippen molar-refractivity contribution in [2.45, 2.75) is 20.0 Å². The van der Waals surface area contributed by atoms with Gasteiger partial charge in [-0.15, -0.1) is 11.6 Å². The van der Waals surface area contributed by atoms with E-state index in [-0.39, 0.29) is 0 Å². The predicted octanol–water partition coefficient (Wildman–Crippen LogP) is 1.57. The predicted molar refractivity (Wildman–Crippen MR) is 57.4 cm³/mol. The molecule has 1 unspecified atom stereocenters. The topological polar surface area (TPSA) is 21.1 Å². The van der Waals surface area contributed by atoms with Gasteiger partial charge in [-0.3, -0.25) is 4.90 Å². The fourth-order valence-electron chi connectivity index (χ4n) is 1.87. The van der Waals surface area contributed by atoms with Crippen LogP contribution in [0.5, 0.6) is 0 Å². The first-order chi connectivity index (χ1) is 6.79. The number of aromatic nitrogens is 2. The van der Waals surface area contributed by atoms with Crippen molar-refractivity contribution in [1.82, 2.24) is 14.5 Å². The van der Waals surface area contributed by atoms with Gasteiger partial charge in [0, 0.05) is 37.9 Å². The van der Waals surface area contributed by atoms with Crippen LogP contribution in [-0.2, 0) is 13.1 Å². The molecule has 0 aromatic carbocycles. The van der Waals surface area contributed by atoms with Crippen LogP contribution >= 0.6 is 11.6 Å². The highest BCUT2D eigenvalue weighted by atomic mass is 35.5. The molecule has 1 aliphatic heterocycles. The minimum absolute atomic E-state index is 0.568. The van der Waals surface area contributed by atoms with Crippen molar-refractivity contribution >= 4 is 11.6 Å². The maximum atomic E-state index is 5.80. The number of rotatable bonds is 3. The average Bonchev–Trinajstić information content (AvgIpc) is 2.64. The van der Waals surface area contributed by atoms with Gasteiger partial charge >= 0.3 is 0 Å². The van der Waals surface area contributed by atoms with E-state index in [1.54, 1.807) is 0 Å². The van der Waals surface area contributed by atoms with Crippen molar-refractivity contribution in [1.29, 1.82) is 0 Å². The highest BCUT2D eigenvalue weighted by Gasteiger charge is 2.17. The van der Waals surface area contributed by atoms with Crippen LogP contribution in [-0.4, -0.2) is 33.4 Å². The second-order valence-corrected chi connectivity index (χ2v) is 4.34. The minimum atomic E-state index is 0.568. The van der Waals surface area contributed by atoms with Crippen molar-refractivity contribution in [3.05, 3.63) is 18.2 Å². The summed E-state index contributed by atoms with van der Waals surface area (Å²) < 4.78 is 2.22. The van der Waals surface area contributed by atoms with Gasteiger partial charge in [0.2, 0.25) is 0 Å². The van der Waals surface area contributed by atoms with E-state index in [9.17, 15) is 0 Å². The Kier molecular flexibility index (Phi) is 3.08. The van der Waals surface area contributed by atoms with Gasteiger partial charge in [0.05, 0.1) is 6.54 Å². The van der Waals surface area contributed by atoms with E-state index < -0.39 is 0 Å². The molecule has 0 saturated carbocycles. The Hall–Kier alpha value is -0.540. The van der Waals surface area contributed by atoms with Crippen LogP contribution in [0.4, 0.5) is 0 Å². The molecule has 1 aromatic rings. The van der Waals surface area contributed by atoms with E-state index in [4.69, 9.17) is 11.6 Å². The van der Waals surface area contributed by atoms with Crippen molar-refractivity contribution in [2.24, 2.45) is 5.92 Å². The molecular weight excluding hydrogens is 198 g/mol. The number of hydrogen-bond donors (Lipinski definition) is 0. The van der Waals surface area contributed by atoms with Gasteiger partial charge in [0.1, 0.15) is 5.82 Å².